The molecule has 1 aliphatic carbocycles. The molecule has 0 amide bonds. The zero-order valence-electron chi connectivity index (χ0n) is 9.30. The lowest BCUT2D eigenvalue weighted by atomic mass is 10.1. The van der Waals surface area contributed by atoms with Crippen molar-refractivity contribution in [2.24, 2.45) is 17.8 Å². The second kappa shape index (κ2) is 3.66. The first-order chi connectivity index (χ1) is 5.38. The van der Waals surface area contributed by atoms with E-state index in [1.165, 1.54) is 19.0 Å². The smallest absolute Gasteiger partial charge is 0.0611 e. The van der Waals surface area contributed by atoms with Gasteiger partial charge in [-0.05, 0) is 30.6 Å². The highest BCUT2D eigenvalue weighted by atomic mass is 31.2. The Kier molecular flexibility index (Phi) is 3.21. The van der Waals surface area contributed by atoms with Crippen LogP contribution in [0.4, 0.5) is 0 Å². The molecule has 0 bridgehead atoms. The average molecular weight is 187 g/mol. The Hall–Kier alpha value is 0.430. The number of rotatable bonds is 4. The topological polar surface area (TPSA) is 0 Å². The van der Waals surface area contributed by atoms with Gasteiger partial charge in [-0.3, -0.25) is 0 Å². The first kappa shape index (κ1) is 10.5. The standard InChI is InChI=1S/C11H24P/c1-9(8-12(3,4)5)6-11-7-10(11)2/h9-11H,6-8H2,1-5H3/q+1/t9?,10-,11-/m0/s1. The highest BCUT2D eigenvalue weighted by molar-refractivity contribution is 7.73. The molecular weight excluding hydrogens is 163 g/mol. The second-order valence-electron chi connectivity index (χ2n) is 5.79. The maximum absolute atomic E-state index is 2.46. The monoisotopic (exact) mass is 187 g/mol. The Morgan fingerprint density at radius 2 is 1.83 bits per heavy atom. The van der Waals surface area contributed by atoms with Gasteiger partial charge in [0.15, 0.2) is 0 Å². The molecule has 0 spiro atoms. The Morgan fingerprint density at radius 3 is 2.17 bits per heavy atom. The molecule has 1 fully saturated rings. The summed E-state index contributed by atoms with van der Waals surface area (Å²) >= 11 is 0. The third-order valence-electron chi connectivity index (χ3n) is 2.84. The van der Waals surface area contributed by atoms with Gasteiger partial charge >= 0.3 is 0 Å². The summed E-state index contributed by atoms with van der Waals surface area (Å²) in [4.78, 5) is 0. The second-order valence-corrected chi connectivity index (χ2v) is 10.7. The van der Waals surface area contributed by atoms with Gasteiger partial charge < -0.3 is 0 Å². The lowest BCUT2D eigenvalue weighted by Gasteiger charge is -2.17. The molecule has 1 aliphatic rings. The molecule has 1 saturated carbocycles. The third kappa shape index (κ3) is 3.90. The highest BCUT2D eigenvalue weighted by Gasteiger charge is 2.35. The minimum absolute atomic E-state index is 0.520. The van der Waals surface area contributed by atoms with Crippen molar-refractivity contribution in [2.45, 2.75) is 26.7 Å². The van der Waals surface area contributed by atoms with E-state index in [4.69, 9.17) is 0 Å². The first-order valence-corrected chi connectivity index (χ1v) is 8.50. The van der Waals surface area contributed by atoms with Crippen LogP contribution in [0, 0.1) is 17.8 Å². The van der Waals surface area contributed by atoms with Crippen LogP contribution >= 0.6 is 7.26 Å². The van der Waals surface area contributed by atoms with Gasteiger partial charge in [0, 0.05) is 27.3 Å². The lowest BCUT2D eigenvalue weighted by Crippen LogP contribution is -2.06. The van der Waals surface area contributed by atoms with E-state index in [1.54, 1.807) is 0 Å². The molecule has 12 heavy (non-hydrogen) atoms. The van der Waals surface area contributed by atoms with E-state index in [0.717, 1.165) is 17.8 Å². The maximum Gasteiger partial charge on any atom is 0.0611 e. The van der Waals surface area contributed by atoms with Crippen LogP contribution in [0.3, 0.4) is 0 Å². The predicted octanol–water partition coefficient (Wildman–Crippen LogP) is 3.58. The van der Waals surface area contributed by atoms with Gasteiger partial charge in [0.05, 0.1) is 6.16 Å². The molecule has 0 aromatic carbocycles. The summed E-state index contributed by atoms with van der Waals surface area (Å²) in [7, 11) is -0.520. The van der Waals surface area contributed by atoms with E-state index in [1.807, 2.05) is 0 Å². The predicted molar refractivity (Wildman–Crippen MR) is 60.6 cm³/mol. The van der Waals surface area contributed by atoms with Gasteiger partial charge in [-0.25, -0.2) is 0 Å². The quantitative estimate of drug-likeness (QED) is 0.590. The van der Waals surface area contributed by atoms with Crippen molar-refractivity contribution >= 4 is 7.26 Å². The molecule has 1 heteroatoms. The molecule has 72 valence electrons. The molecule has 0 aliphatic heterocycles. The summed E-state index contributed by atoms with van der Waals surface area (Å²) in [5.74, 6) is 3.12. The summed E-state index contributed by atoms with van der Waals surface area (Å²) < 4.78 is 0. The maximum atomic E-state index is 2.46. The van der Waals surface area contributed by atoms with E-state index in [0.29, 0.717) is 0 Å². The van der Waals surface area contributed by atoms with Crippen LogP contribution in [0.2, 0.25) is 0 Å². The van der Waals surface area contributed by atoms with Crippen LogP contribution in [-0.2, 0) is 0 Å². The van der Waals surface area contributed by atoms with E-state index in [2.05, 4.69) is 33.8 Å². The van der Waals surface area contributed by atoms with Crippen molar-refractivity contribution in [3.05, 3.63) is 0 Å². The Bertz CT molecular complexity index is 146. The Labute approximate surface area is 78.5 Å². The molecule has 1 unspecified atom stereocenters. The van der Waals surface area contributed by atoms with Crippen LogP contribution in [-0.4, -0.2) is 26.2 Å². The minimum atomic E-state index is -0.520. The summed E-state index contributed by atoms with van der Waals surface area (Å²) in [6.07, 6.45) is 4.50. The zero-order chi connectivity index (χ0) is 9.35. The fraction of sp³-hybridized carbons (Fsp3) is 1.00. The van der Waals surface area contributed by atoms with Gasteiger partial charge in [0.2, 0.25) is 0 Å². The van der Waals surface area contributed by atoms with Gasteiger partial charge in [-0.1, -0.05) is 13.8 Å². The van der Waals surface area contributed by atoms with Crippen molar-refractivity contribution in [3.63, 3.8) is 0 Å². The fourth-order valence-corrected chi connectivity index (χ4v) is 4.27. The molecule has 0 nitrogen and oxygen atoms in total. The van der Waals surface area contributed by atoms with Crippen LogP contribution in [0.15, 0.2) is 0 Å². The average Bonchev–Trinajstić information content (AvgIpc) is 2.40. The normalized spacial score (nSPS) is 31.8. The largest absolute Gasteiger partial charge is 0.0622 e. The Morgan fingerprint density at radius 1 is 1.33 bits per heavy atom. The Balaban J connectivity index is 2.16. The van der Waals surface area contributed by atoms with Gasteiger partial charge in [0.25, 0.3) is 0 Å². The van der Waals surface area contributed by atoms with Crippen molar-refractivity contribution in [1.29, 1.82) is 0 Å². The first-order valence-electron chi connectivity index (χ1n) is 5.19. The van der Waals surface area contributed by atoms with Gasteiger partial charge in [0.1, 0.15) is 0 Å². The van der Waals surface area contributed by atoms with Gasteiger partial charge in [-0.2, -0.15) is 0 Å². The van der Waals surface area contributed by atoms with Gasteiger partial charge in [-0.15, -0.1) is 0 Å². The summed E-state index contributed by atoms with van der Waals surface area (Å²) in [5, 5.41) is 0. The molecular formula is C11H24P+. The van der Waals surface area contributed by atoms with Crippen molar-refractivity contribution in [1.82, 2.24) is 0 Å². The fourth-order valence-electron chi connectivity index (χ4n) is 2.25. The van der Waals surface area contributed by atoms with Crippen molar-refractivity contribution in [2.75, 3.05) is 26.2 Å². The van der Waals surface area contributed by atoms with E-state index in [-0.39, 0.29) is 0 Å². The number of hydrogen-bond donors (Lipinski definition) is 0. The molecule has 0 heterocycles. The molecule has 0 aromatic heterocycles. The van der Waals surface area contributed by atoms with Crippen molar-refractivity contribution in [3.8, 4) is 0 Å². The molecule has 0 radical (unpaired) electrons. The molecule has 3 atom stereocenters. The van der Waals surface area contributed by atoms with Crippen LogP contribution < -0.4 is 0 Å². The minimum Gasteiger partial charge on any atom is -0.0622 e. The van der Waals surface area contributed by atoms with E-state index >= 15 is 0 Å². The number of hydrogen-bond acceptors (Lipinski definition) is 0. The van der Waals surface area contributed by atoms with Crippen LogP contribution in [0.1, 0.15) is 26.7 Å². The van der Waals surface area contributed by atoms with Crippen LogP contribution in [0.25, 0.3) is 0 Å². The summed E-state index contributed by atoms with van der Waals surface area (Å²) in [5.41, 5.74) is 0. The van der Waals surface area contributed by atoms with Crippen molar-refractivity contribution < 1.29 is 0 Å². The molecule has 1 rings (SSSR count). The SMILES string of the molecule is CC(C[C@H]1C[C@@H]1C)C[P+](C)(C)C. The van der Waals surface area contributed by atoms with E-state index in [9.17, 15) is 0 Å². The third-order valence-corrected chi connectivity index (χ3v) is 4.56. The molecule has 0 saturated heterocycles. The zero-order valence-corrected chi connectivity index (χ0v) is 10.2. The summed E-state index contributed by atoms with van der Waals surface area (Å²) in [6.45, 7) is 12.2. The molecule has 0 aromatic rings. The summed E-state index contributed by atoms with van der Waals surface area (Å²) in [6, 6.07) is 0. The lowest BCUT2D eigenvalue weighted by molar-refractivity contribution is 0.524. The molecule has 0 N–H and O–H groups in total. The highest BCUT2D eigenvalue weighted by Crippen LogP contribution is 2.51. The van der Waals surface area contributed by atoms with Crippen LogP contribution in [0.5, 0.6) is 0 Å². The van der Waals surface area contributed by atoms with E-state index < -0.39 is 7.26 Å².